The summed E-state index contributed by atoms with van der Waals surface area (Å²) in [6.45, 7) is -2.39. The van der Waals surface area contributed by atoms with Crippen LogP contribution in [-0.4, -0.2) is 168 Å². The molecule has 0 aromatic heterocycles. The second-order valence-electron chi connectivity index (χ2n) is 8.01. The number of carbonyl (C=O) groups excluding carboxylic acids is 1. The molecule has 2 heterocycles. The van der Waals surface area contributed by atoms with Crippen LogP contribution in [0, 0.1) is 0 Å². The summed E-state index contributed by atoms with van der Waals surface area (Å²) < 4.78 is 20.9. The molecule has 2 aliphatic heterocycles. The molecule has 0 spiro atoms. The Morgan fingerprint density at radius 3 is 1.82 bits per heavy atom. The van der Waals surface area contributed by atoms with Gasteiger partial charge in [0.2, 0.25) is 0 Å². The van der Waals surface area contributed by atoms with Crippen molar-refractivity contribution >= 4 is 6.29 Å². The van der Waals surface area contributed by atoms with Gasteiger partial charge in [0.1, 0.15) is 73.2 Å². The Hall–Kier alpha value is -0.930. The van der Waals surface area contributed by atoms with E-state index in [9.17, 15) is 55.9 Å². The summed E-state index contributed by atoms with van der Waals surface area (Å²) in [5, 5.41) is 108. The van der Waals surface area contributed by atoms with Gasteiger partial charge in [0.25, 0.3) is 0 Å². The Bertz CT molecular complexity index is 623. The number of aldehydes is 1. The van der Waals surface area contributed by atoms with Crippen LogP contribution in [-0.2, 0) is 23.7 Å². The summed E-state index contributed by atoms with van der Waals surface area (Å²) >= 11 is 0. The highest BCUT2D eigenvalue weighted by molar-refractivity contribution is 5.56. The molecule has 2 aliphatic rings. The fourth-order valence-corrected chi connectivity index (χ4v) is 3.49. The second kappa shape index (κ2) is 12.9. The van der Waals surface area contributed by atoms with Crippen molar-refractivity contribution in [2.75, 3.05) is 19.8 Å². The summed E-state index contributed by atoms with van der Waals surface area (Å²) in [6, 6.07) is 0. The van der Waals surface area contributed by atoms with Crippen LogP contribution in [0.4, 0.5) is 0 Å². The minimum Gasteiger partial charge on any atom is -0.394 e. The lowest BCUT2D eigenvalue weighted by Gasteiger charge is -2.43. The molecule has 2 rings (SSSR count). The molecule has 0 bridgehead atoms. The van der Waals surface area contributed by atoms with Gasteiger partial charge in [-0.25, -0.2) is 0 Å². The molecule has 200 valence electrons. The maximum absolute atomic E-state index is 10.8. The van der Waals surface area contributed by atoms with Gasteiger partial charge in [0, 0.05) is 0 Å². The van der Waals surface area contributed by atoms with E-state index in [0.717, 1.165) is 0 Å². The highest BCUT2D eigenvalue weighted by atomic mass is 16.7. The first-order valence-electron chi connectivity index (χ1n) is 10.4. The Kier molecular flexibility index (Phi) is 11.1. The fourth-order valence-electron chi connectivity index (χ4n) is 3.49. The number of aliphatic hydroxyl groups excluding tert-OH is 11. The number of rotatable bonds is 11. The van der Waals surface area contributed by atoms with Crippen LogP contribution >= 0.6 is 0 Å². The number of aliphatic hydroxyl groups is 11. The minimum absolute atomic E-state index is 0.0704. The van der Waals surface area contributed by atoms with E-state index in [1.807, 2.05) is 0 Å². The van der Waals surface area contributed by atoms with Crippen LogP contribution in [0.3, 0.4) is 0 Å². The number of hydrogen-bond acceptors (Lipinski definition) is 16. The first-order valence-corrected chi connectivity index (χ1v) is 10.4. The Morgan fingerprint density at radius 2 is 1.29 bits per heavy atom. The predicted octanol–water partition coefficient (Wildman–Crippen LogP) is -7.73. The first kappa shape index (κ1) is 29.3. The van der Waals surface area contributed by atoms with E-state index in [1.54, 1.807) is 0 Å². The van der Waals surface area contributed by atoms with Gasteiger partial charge in [0.15, 0.2) is 18.9 Å². The van der Waals surface area contributed by atoms with Crippen molar-refractivity contribution < 1.29 is 79.9 Å². The van der Waals surface area contributed by atoms with Crippen molar-refractivity contribution in [1.29, 1.82) is 0 Å². The molecular formula is C18H32O16. The largest absolute Gasteiger partial charge is 0.394 e. The lowest BCUT2D eigenvalue weighted by atomic mass is 9.98. The highest BCUT2D eigenvalue weighted by Crippen LogP contribution is 2.27. The third kappa shape index (κ3) is 6.44. The molecule has 0 aliphatic carbocycles. The van der Waals surface area contributed by atoms with E-state index in [2.05, 4.69) is 0 Å². The van der Waals surface area contributed by atoms with Crippen molar-refractivity contribution in [3.63, 3.8) is 0 Å². The van der Waals surface area contributed by atoms with Gasteiger partial charge < -0.3 is 79.9 Å². The summed E-state index contributed by atoms with van der Waals surface area (Å²) in [4.78, 5) is 10.8. The number of hydrogen-bond donors (Lipinski definition) is 11. The average Bonchev–Trinajstić information content (AvgIpc) is 2.84. The van der Waals surface area contributed by atoms with E-state index in [4.69, 9.17) is 24.1 Å². The number of carbonyl (C=O) groups is 1. The van der Waals surface area contributed by atoms with Crippen LogP contribution in [0.1, 0.15) is 0 Å². The third-order valence-electron chi connectivity index (χ3n) is 5.63. The van der Waals surface area contributed by atoms with E-state index >= 15 is 0 Å². The molecule has 11 N–H and O–H groups in total. The molecule has 2 saturated heterocycles. The maximum atomic E-state index is 10.8. The number of ether oxygens (including phenoxy) is 4. The molecule has 2 fully saturated rings. The van der Waals surface area contributed by atoms with Gasteiger partial charge in [-0.2, -0.15) is 0 Å². The molecule has 0 unspecified atom stereocenters. The van der Waals surface area contributed by atoms with Gasteiger partial charge in [-0.1, -0.05) is 0 Å². The standard InChI is InChI=1S/C18H32O16/c19-1-5(22)9(24)16(6(23)2-20)34-18-15(30)13(28)11(26)8(33-18)4-31-17-14(29)12(27)10(25)7(3-21)32-17/h1,5-18,20-30H,2-4H2/t5-,6+,7+,8+,9+,10+,11+,12-,13-,14-,15+,16+,17-,18+/m0/s1. The first-order chi connectivity index (χ1) is 16.0. The van der Waals surface area contributed by atoms with Crippen LogP contribution in [0.25, 0.3) is 0 Å². The second-order valence-corrected chi connectivity index (χ2v) is 8.01. The smallest absolute Gasteiger partial charge is 0.187 e. The van der Waals surface area contributed by atoms with E-state index < -0.39 is 106 Å². The zero-order chi connectivity index (χ0) is 25.7. The van der Waals surface area contributed by atoms with Crippen molar-refractivity contribution in [3.05, 3.63) is 0 Å². The molecule has 0 radical (unpaired) electrons. The molecule has 0 aromatic rings. The lowest BCUT2D eigenvalue weighted by Crippen LogP contribution is -2.63. The summed E-state index contributed by atoms with van der Waals surface area (Å²) in [5.41, 5.74) is 0. The third-order valence-corrected chi connectivity index (χ3v) is 5.63. The molecule has 16 heteroatoms. The van der Waals surface area contributed by atoms with Crippen molar-refractivity contribution in [3.8, 4) is 0 Å². The lowest BCUT2D eigenvalue weighted by molar-refractivity contribution is -0.343. The van der Waals surface area contributed by atoms with Crippen molar-refractivity contribution in [2.45, 2.75) is 85.8 Å². The summed E-state index contributed by atoms with van der Waals surface area (Å²) in [6.07, 6.45) is -25.1. The SMILES string of the molecule is O=C[C@H](O)[C@@H](O)[C@H](O[C@H]1O[C@H](CO[C@H]2O[C@H](CO)[C@@H](O)[C@H](O)[C@@H]2O)[C@@H](O)[C@H](O)[C@H]1O)[C@H](O)CO. The van der Waals surface area contributed by atoms with Crippen LogP contribution < -0.4 is 0 Å². The normalized spacial score (nSPS) is 42.6. The topological polar surface area (TPSA) is 277 Å². The summed E-state index contributed by atoms with van der Waals surface area (Å²) in [5.74, 6) is 0. The fraction of sp³-hybridized carbons (Fsp3) is 0.944. The highest BCUT2D eigenvalue weighted by Gasteiger charge is 2.49. The molecule has 0 amide bonds. The van der Waals surface area contributed by atoms with Gasteiger partial charge in [-0.05, 0) is 0 Å². The molecular weight excluding hydrogens is 472 g/mol. The average molecular weight is 504 g/mol. The van der Waals surface area contributed by atoms with E-state index in [0.29, 0.717) is 0 Å². The van der Waals surface area contributed by atoms with Crippen LogP contribution in [0.5, 0.6) is 0 Å². The minimum atomic E-state index is -2.08. The molecule has 0 aromatic carbocycles. The van der Waals surface area contributed by atoms with Crippen LogP contribution in [0.2, 0.25) is 0 Å². The summed E-state index contributed by atoms with van der Waals surface area (Å²) in [7, 11) is 0. The zero-order valence-electron chi connectivity index (χ0n) is 17.7. The van der Waals surface area contributed by atoms with Crippen molar-refractivity contribution in [2.24, 2.45) is 0 Å². The Morgan fingerprint density at radius 1 is 0.765 bits per heavy atom. The maximum Gasteiger partial charge on any atom is 0.187 e. The van der Waals surface area contributed by atoms with Crippen LogP contribution in [0.15, 0.2) is 0 Å². The molecule has 34 heavy (non-hydrogen) atoms. The monoisotopic (exact) mass is 504 g/mol. The molecule has 16 nitrogen and oxygen atoms in total. The predicted molar refractivity (Wildman–Crippen MR) is 102 cm³/mol. The molecule has 0 saturated carbocycles. The Labute approximate surface area is 192 Å². The van der Waals surface area contributed by atoms with E-state index in [-0.39, 0.29) is 6.29 Å². The van der Waals surface area contributed by atoms with Crippen molar-refractivity contribution in [1.82, 2.24) is 0 Å². The van der Waals surface area contributed by atoms with Gasteiger partial charge >= 0.3 is 0 Å². The van der Waals surface area contributed by atoms with Gasteiger partial charge in [-0.15, -0.1) is 0 Å². The van der Waals surface area contributed by atoms with E-state index in [1.165, 1.54) is 0 Å². The van der Waals surface area contributed by atoms with Gasteiger partial charge in [-0.3, -0.25) is 0 Å². The molecule has 14 atom stereocenters. The van der Waals surface area contributed by atoms with Gasteiger partial charge in [0.05, 0.1) is 19.8 Å². The zero-order valence-corrected chi connectivity index (χ0v) is 17.7. The Balaban J connectivity index is 2.10. The quantitative estimate of drug-likeness (QED) is 0.117.